The van der Waals surface area contributed by atoms with Gasteiger partial charge in [0.1, 0.15) is 0 Å². The van der Waals surface area contributed by atoms with Gasteiger partial charge in [-0.15, -0.1) is 11.3 Å². The summed E-state index contributed by atoms with van der Waals surface area (Å²) in [5.74, 6) is -0.226. The molecule has 2 aromatic carbocycles. The van der Waals surface area contributed by atoms with Crippen molar-refractivity contribution in [3.8, 4) is 0 Å². The predicted octanol–water partition coefficient (Wildman–Crippen LogP) is 4.35. The van der Waals surface area contributed by atoms with Crippen LogP contribution in [0.5, 0.6) is 0 Å². The predicted molar refractivity (Wildman–Crippen MR) is 106 cm³/mol. The van der Waals surface area contributed by atoms with E-state index in [4.69, 9.17) is 0 Å². The number of carbonyl (C=O) groups is 2. The lowest BCUT2D eigenvalue weighted by Gasteiger charge is -2.20. The van der Waals surface area contributed by atoms with Crippen LogP contribution >= 0.6 is 11.3 Å². The maximum Gasteiger partial charge on any atom is 0.222 e. The van der Waals surface area contributed by atoms with Crippen LogP contribution in [0, 0.1) is 0 Å². The topological polar surface area (TPSA) is 58.2 Å². The maximum absolute atomic E-state index is 12.6. The normalized spacial score (nSPS) is 13.2. The zero-order valence-corrected chi connectivity index (χ0v) is 15.7. The highest BCUT2D eigenvalue weighted by Gasteiger charge is 2.20. The number of carbonyl (C=O) groups excluding carboxylic acids is 2. The Balaban J connectivity index is 1.73. The highest BCUT2D eigenvalue weighted by Crippen LogP contribution is 2.25. The summed E-state index contributed by atoms with van der Waals surface area (Å²) in [5, 5.41) is 10.2. The molecule has 2 atom stereocenters. The number of fused-ring (bicyclic) bond motifs is 1. The van der Waals surface area contributed by atoms with Gasteiger partial charge >= 0.3 is 0 Å². The fourth-order valence-corrected chi connectivity index (χ4v) is 3.93. The molecule has 134 valence electrons. The van der Waals surface area contributed by atoms with Gasteiger partial charge in [-0.2, -0.15) is 0 Å². The molecule has 0 unspecified atom stereocenters. The fraction of sp³-hybridized carbons (Fsp3) is 0.238. The van der Waals surface area contributed by atoms with Gasteiger partial charge in [0.2, 0.25) is 11.8 Å². The quantitative estimate of drug-likeness (QED) is 0.681. The molecule has 0 bridgehead atoms. The average Bonchev–Trinajstić information content (AvgIpc) is 3.14. The zero-order chi connectivity index (χ0) is 18.5. The third-order valence-corrected chi connectivity index (χ3v) is 5.31. The summed E-state index contributed by atoms with van der Waals surface area (Å²) in [7, 11) is 0. The van der Waals surface area contributed by atoms with Crippen molar-refractivity contribution in [1.29, 1.82) is 0 Å². The molecule has 26 heavy (non-hydrogen) atoms. The molecule has 2 N–H and O–H groups in total. The third kappa shape index (κ3) is 4.29. The molecule has 0 aliphatic rings. The molecule has 0 aliphatic heterocycles. The van der Waals surface area contributed by atoms with Gasteiger partial charge in [0, 0.05) is 11.8 Å². The van der Waals surface area contributed by atoms with E-state index < -0.39 is 0 Å². The standard InChI is InChI=1S/C21H22N2O2S/c1-14(17-10-5-8-16-7-3-4-9-18(16)17)22-21(25)13-19(23-15(2)24)20-11-6-12-26-20/h3-12,14,19H,13H2,1-2H3,(H,22,25)(H,23,24)/t14-,19-/m1/s1. The van der Waals surface area contributed by atoms with Crippen molar-refractivity contribution in [2.45, 2.75) is 32.4 Å². The van der Waals surface area contributed by atoms with E-state index in [1.807, 2.05) is 48.7 Å². The SMILES string of the molecule is CC(=O)N[C@H](CC(=O)N[C@H](C)c1cccc2ccccc12)c1cccs1. The first-order chi connectivity index (χ1) is 12.5. The smallest absolute Gasteiger partial charge is 0.222 e. The molecule has 2 amide bonds. The van der Waals surface area contributed by atoms with Crippen LogP contribution in [0.15, 0.2) is 60.0 Å². The van der Waals surface area contributed by atoms with E-state index in [1.165, 1.54) is 18.3 Å². The molecule has 3 rings (SSSR count). The lowest BCUT2D eigenvalue weighted by Crippen LogP contribution is -2.33. The van der Waals surface area contributed by atoms with Gasteiger partial charge in [-0.05, 0) is 34.7 Å². The van der Waals surface area contributed by atoms with Crippen molar-refractivity contribution in [2.75, 3.05) is 0 Å². The Morgan fingerprint density at radius 2 is 1.77 bits per heavy atom. The summed E-state index contributed by atoms with van der Waals surface area (Å²) in [6.45, 7) is 3.45. The van der Waals surface area contributed by atoms with E-state index in [1.54, 1.807) is 0 Å². The number of amides is 2. The molecular formula is C21H22N2O2S. The average molecular weight is 366 g/mol. The van der Waals surface area contributed by atoms with E-state index >= 15 is 0 Å². The summed E-state index contributed by atoms with van der Waals surface area (Å²) >= 11 is 1.54. The minimum atomic E-state index is -0.299. The van der Waals surface area contributed by atoms with Gasteiger partial charge in [0.25, 0.3) is 0 Å². The number of rotatable bonds is 6. The first kappa shape index (κ1) is 18.1. The highest BCUT2D eigenvalue weighted by atomic mass is 32.1. The van der Waals surface area contributed by atoms with Crippen molar-refractivity contribution in [3.05, 3.63) is 70.4 Å². The Morgan fingerprint density at radius 3 is 2.50 bits per heavy atom. The van der Waals surface area contributed by atoms with Crippen molar-refractivity contribution in [2.24, 2.45) is 0 Å². The van der Waals surface area contributed by atoms with Gasteiger partial charge in [-0.1, -0.05) is 48.5 Å². The molecule has 0 fully saturated rings. The number of hydrogen-bond donors (Lipinski definition) is 2. The van der Waals surface area contributed by atoms with Crippen LogP contribution < -0.4 is 10.6 Å². The lowest BCUT2D eigenvalue weighted by molar-refractivity contribution is -0.123. The van der Waals surface area contributed by atoms with Crippen LogP contribution in [-0.2, 0) is 9.59 Å². The molecular weight excluding hydrogens is 344 g/mol. The first-order valence-electron chi connectivity index (χ1n) is 8.62. The van der Waals surface area contributed by atoms with Crippen LogP contribution in [0.4, 0.5) is 0 Å². The number of nitrogens with one attached hydrogen (secondary N) is 2. The summed E-state index contributed by atoms with van der Waals surface area (Å²) < 4.78 is 0. The Morgan fingerprint density at radius 1 is 1.00 bits per heavy atom. The largest absolute Gasteiger partial charge is 0.349 e. The van der Waals surface area contributed by atoms with E-state index in [0.29, 0.717) is 0 Å². The summed E-state index contributed by atoms with van der Waals surface area (Å²) in [6.07, 6.45) is 0.217. The molecule has 5 heteroatoms. The molecule has 1 heterocycles. The highest BCUT2D eigenvalue weighted by molar-refractivity contribution is 7.10. The molecule has 4 nitrogen and oxygen atoms in total. The zero-order valence-electron chi connectivity index (χ0n) is 14.9. The number of hydrogen-bond acceptors (Lipinski definition) is 3. The second kappa shape index (κ2) is 8.15. The van der Waals surface area contributed by atoms with Crippen molar-refractivity contribution >= 4 is 33.9 Å². The molecule has 0 spiro atoms. The van der Waals surface area contributed by atoms with Crippen LogP contribution in [0.3, 0.4) is 0 Å². The number of thiophene rings is 1. The van der Waals surface area contributed by atoms with E-state index in [2.05, 4.69) is 28.8 Å². The molecule has 0 saturated carbocycles. The Bertz CT molecular complexity index is 900. The van der Waals surface area contributed by atoms with E-state index in [9.17, 15) is 9.59 Å². The van der Waals surface area contributed by atoms with Crippen molar-refractivity contribution < 1.29 is 9.59 Å². The molecule has 0 aliphatic carbocycles. The van der Waals surface area contributed by atoms with Crippen LogP contribution in [0.2, 0.25) is 0 Å². The third-order valence-electron chi connectivity index (χ3n) is 4.32. The number of benzene rings is 2. The van der Waals surface area contributed by atoms with E-state index in [0.717, 1.165) is 21.2 Å². The van der Waals surface area contributed by atoms with Gasteiger partial charge in [-0.3, -0.25) is 9.59 Å². The van der Waals surface area contributed by atoms with Gasteiger partial charge in [0.15, 0.2) is 0 Å². The second-order valence-corrected chi connectivity index (χ2v) is 7.31. The monoisotopic (exact) mass is 366 g/mol. The fourth-order valence-electron chi connectivity index (χ4n) is 3.15. The molecule has 0 radical (unpaired) electrons. The van der Waals surface area contributed by atoms with Crippen LogP contribution in [0.25, 0.3) is 10.8 Å². The minimum absolute atomic E-state index is 0.0856. The first-order valence-corrected chi connectivity index (χ1v) is 9.50. The lowest BCUT2D eigenvalue weighted by atomic mass is 9.99. The Kier molecular flexibility index (Phi) is 5.68. The summed E-state index contributed by atoms with van der Waals surface area (Å²) in [5.41, 5.74) is 1.09. The van der Waals surface area contributed by atoms with Crippen molar-refractivity contribution in [1.82, 2.24) is 10.6 Å². The van der Waals surface area contributed by atoms with Gasteiger partial charge in [-0.25, -0.2) is 0 Å². The second-order valence-electron chi connectivity index (χ2n) is 6.33. The van der Waals surface area contributed by atoms with Crippen LogP contribution in [0.1, 0.15) is 42.8 Å². The Hall–Kier alpha value is -2.66. The van der Waals surface area contributed by atoms with Crippen molar-refractivity contribution in [3.63, 3.8) is 0 Å². The summed E-state index contributed by atoms with van der Waals surface area (Å²) in [6, 6.07) is 17.7. The van der Waals surface area contributed by atoms with Crippen LogP contribution in [-0.4, -0.2) is 11.8 Å². The molecule has 1 aromatic heterocycles. The van der Waals surface area contributed by atoms with Gasteiger partial charge in [0.05, 0.1) is 18.5 Å². The summed E-state index contributed by atoms with van der Waals surface area (Å²) in [4.78, 5) is 25.1. The maximum atomic E-state index is 12.6. The van der Waals surface area contributed by atoms with Gasteiger partial charge < -0.3 is 10.6 Å². The molecule has 3 aromatic rings. The molecule has 0 saturated heterocycles. The minimum Gasteiger partial charge on any atom is -0.349 e. The Labute approximate surface area is 157 Å². The van der Waals surface area contributed by atoms with E-state index in [-0.39, 0.29) is 30.3 Å².